The Labute approximate surface area is 230 Å². The van der Waals surface area contributed by atoms with Crippen LogP contribution >= 0.6 is 0 Å². The fourth-order valence-corrected chi connectivity index (χ4v) is 6.68. The Hall–Kier alpha value is -3.39. The molecular formula is C31H40N4O4. The molecule has 3 aliphatic rings. The number of amides is 3. The number of carbonyl (C=O) groups excluding carboxylic acids is 3. The molecule has 39 heavy (non-hydrogen) atoms. The maximum absolute atomic E-state index is 14.3. The van der Waals surface area contributed by atoms with Gasteiger partial charge in [-0.2, -0.15) is 0 Å². The molecule has 1 saturated heterocycles. The molecule has 2 unspecified atom stereocenters. The standard InChI is InChI=1S/C31H40N4O4/c1-18(32-4)28(36)34-25-16-20-15-21(39-5)13-14-23(20)26-17-31(2,3)27(35(26)30(25)38)29(37)33-24-12-8-10-19-9-6-7-11-22(19)24/h6-7,9,11,13-15,18,24-27,32H,8,10,12,16-17H2,1-5H3,(H,33,37)(H,34,36)/t18-,24?,25-,26+,27?/m0/s1. The van der Waals surface area contributed by atoms with E-state index in [2.05, 4.69) is 41.9 Å². The van der Waals surface area contributed by atoms with E-state index in [-0.39, 0.29) is 29.8 Å². The number of methoxy groups -OCH3 is 1. The molecule has 0 spiro atoms. The zero-order valence-electron chi connectivity index (χ0n) is 23.5. The molecule has 2 heterocycles. The molecule has 1 aliphatic carbocycles. The molecule has 2 aliphatic heterocycles. The maximum atomic E-state index is 14.3. The normalized spacial score (nSPS) is 26.0. The molecule has 0 aromatic heterocycles. The van der Waals surface area contributed by atoms with Crippen molar-refractivity contribution in [3.63, 3.8) is 0 Å². The van der Waals surface area contributed by atoms with Crippen molar-refractivity contribution in [2.45, 2.75) is 83.1 Å². The van der Waals surface area contributed by atoms with E-state index in [1.165, 1.54) is 5.56 Å². The van der Waals surface area contributed by atoms with Crippen LogP contribution in [0.4, 0.5) is 0 Å². The van der Waals surface area contributed by atoms with E-state index in [0.29, 0.717) is 18.6 Å². The molecule has 8 nitrogen and oxygen atoms in total. The lowest BCUT2D eigenvalue weighted by Crippen LogP contribution is -2.57. The first-order valence-electron chi connectivity index (χ1n) is 14.0. The van der Waals surface area contributed by atoms with Crippen LogP contribution in [-0.4, -0.2) is 54.9 Å². The van der Waals surface area contributed by atoms with E-state index in [0.717, 1.165) is 36.0 Å². The van der Waals surface area contributed by atoms with E-state index in [4.69, 9.17) is 4.74 Å². The Balaban J connectivity index is 1.51. The first-order valence-corrected chi connectivity index (χ1v) is 14.0. The molecular weight excluding hydrogens is 492 g/mol. The average molecular weight is 533 g/mol. The molecule has 5 atom stereocenters. The summed E-state index contributed by atoms with van der Waals surface area (Å²) in [6.07, 6.45) is 3.87. The number of likely N-dealkylation sites (N-methyl/N-ethyl adjacent to an activating group) is 1. The fourth-order valence-electron chi connectivity index (χ4n) is 6.68. The van der Waals surface area contributed by atoms with E-state index < -0.39 is 23.5 Å². The maximum Gasteiger partial charge on any atom is 0.246 e. The third kappa shape index (κ3) is 5.02. The summed E-state index contributed by atoms with van der Waals surface area (Å²) in [4.78, 5) is 43.1. The lowest BCUT2D eigenvalue weighted by atomic mass is 9.81. The van der Waals surface area contributed by atoms with Gasteiger partial charge in [0.1, 0.15) is 17.8 Å². The van der Waals surface area contributed by atoms with Crippen molar-refractivity contribution >= 4 is 17.7 Å². The van der Waals surface area contributed by atoms with Gasteiger partial charge in [0.25, 0.3) is 0 Å². The number of ether oxygens (including phenoxy) is 1. The summed E-state index contributed by atoms with van der Waals surface area (Å²) in [5, 5.41) is 9.23. The quantitative estimate of drug-likeness (QED) is 0.531. The second-order valence-corrected chi connectivity index (χ2v) is 11.8. The summed E-state index contributed by atoms with van der Waals surface area (Å²) >= 11 is 0. The predicted octanol–water partition coefficient (Wildman–Crippen LogP) is 3.21. The summed E-state index contributed by atoms with van der Waals surface area (Å²) in [7, 11) is 3.33. The number of benzene rings is 2. The van der Waals surface area contributed by atoms with Gasteiger partial charge >= 0.3 is 0 Å². The van der Waals surface area contributed by atoms with Gasteiger partial charge in [-0.3, -0.25) is 14.4 Å². The largest absolute Gasteiger partial charge is 0.497 e. The highest BCUT2D eigenvalue weighted by atomic mass is 16.5. The first-order chi connectivity index (χ1) is 18.6. The van der Waals surface area contributed by atoms with Crippen LogP contribution in [0.2, 0.25) is 0 Å². The average Bonchev–Trinajstić information content (AvgIpc) is 3.17. The number of rotatable bonds is 6. The minimum atomic E-state index is -0.788. The van der Waals surface area contributed by atoms with Gasteiger partial charge in [-0.1, -0.05) is 44.2 Å². The van der Waals surface area contributed by atoms with E-state index in [1.807, 2.05) is 30.3 Å². The fraction of sp³-hybridized carbons (Fsp3) is 0.516. The van der Waals surface area contributed by atoms with Crippen LogP contribution in [0.3, 0.4) is 0 Å². The molecule has 3 amide bonds. The Bertz CT molecular complexity index is 1270. The summed E-state index contributed by atoms with van der Waals surface area (Å²) in [5.41, 5.74) is 3.92. The van der Waals surface area contributed by atoms with Crippen molar-refractivity contribution in [3.8, 4) is 5.75 Å². The summed E-state index contributed by atoms with van der Waals surface area (Å²) < 4.78 is 5.48. The van der Waals surface area contributed by atoms with Crippen molar-refractivity contribution in [2.75, 3.05) is 14.2 Å². The second-order valence-electron chi connectivity index (χ2n) is 11.8. The highest BCUT2D eigenvalue weighted by Crippen LogP contribution is 2.50. The van der Waals surface area contributed by atoms with Gasteiger partial charge in [0.2, 0.25) is 17.7 Å². The molecule has 0 bridgehead atoms. The number of hydrogen-bond acceptors (Lipinski definition) is 5. The molecule has 1 fully saturated rings. The van der Waals surface area contributed by atoms with Gasteiger partial charge in [-0.05, 0) is 79.5 Å². The monoisotopic (exact) mass is 532 g/mol. The highest BCUT2D eigenvalue weighted by Gasteiger charge is 2.55. The van der Waals surface area contributed by atoms with Crippen LogP contribution in [0.5, 0.6) is 5.75 Å². The third-order valence-electron chi connectivity index (χ3n) is 8.84. The van der Waals surface area contributed by atoms with Gasteiger partial charge in [-0.15, -0.1) is 0 Å². The minimum absolute atomic E-state index is 0.0806. The van der Waals surface area contributed by atoms with Crippen LogP contribution in [0.15, 0.2) is 42.5 Å². The van der Waals surface area contributed by atoms with Crippen molar-refractivity contribution in [2.24, 2.45) is 5.41 Å². The smallest absolute Gasteiger partial charge is 0.246 e. The minimum Gasteiger partial charge on any atom is -0.497 e. The SMILES string of the molecule is CN[C@@H](C)C(=O)N[C@H]1Cc2cc(OC)ccc2[C@H]2CC(C)(C)C(C(=O)NC3CCCc4ccccc43)N2C1=O. The number of nitrogens with zero attached hydrogens (tertiary/aromatic N) is 1. The zero-order chi connectivity index (χ0) is 27.9. The Morgan fingerprint density at radius 3 is 2.56 bits per heavy atom. The second kappa shape index (κ2) is 10.6. The Morgan fingerprint density at radius 1 is 1.05 bits per heavy atom. The summed E-state index contributed by atoms with van der Waals surface area (Å²) in [6, 6.07) is 11.9. The topological polar surface area (TPSA) is 99.8 Å². The molecule has 2 aromatic rings. The van der Waals surface area contributed by atoms with Crippen molar-refractivity contribution < 1.29 is 19.1 Å². The van der Waals surface area contributed by atoms with Gasteiger partial charge in [-0.25, -0.2) is 0 Å². The molecule has 0 radical (unpaired) electrons. The predicted molar refractivity (Wildman–Crippen MR) is 149 cm³/mol. The van der Waals surface area contributed by atoms with Crippen LogP contribution in [0.25, 0.3) is 0 Å². The van der Waals surface area contributed by atoms with E-state index in [1.54, 1.807) is 26.0 Å². The van der Waals surface area contributed by atoms with Gasteiger partial charge in [0.05, 0.1) is 25.2 Å². The van der Waals surface area contributed by atoms with E-state index in [9.17, 15) is 14.4 Å². The first kappa shape index (κ1) is 27.2. The van der Waals surface area contributed by atoms with Gasteiger partial charge in [0, 0.05) is 6.42 Å². The molecule has 2 aromatic carbocycles. The molecule has 0 saturated carbocycles. The van der Waals surface area contributed by atoms with Crippen LogP contribution in [0, 0.1) is 5.41 Å². The Kier molecular flexibility index (Phi) is 7.42. The lowest BCUT2D eigenvalue weighted by molar-refractivity contribution is -0.145. The van der Waals surface area contributed by atoms with Crippen LogP contribution < -0.4 is 20.7 Å². The number of nitrogens with one attached hydrogen (secondary N) is 3. The van der Waals surface area contributed by atoms with Crippen LogP contribution in [0.1, 0.15) is 74.4 Å². The van der Waals surface area contributed by atoms with E-state index >= 15 is 0 Å². The van der Waals surface area contributed by atoms with Crippen LogP contribution in [-0.2, 0) is 27.2 Å². The number of hydrogen-bond donors (Lipinski definition) is 3. The van der Waals surface area contributed by atoms with Crippen molar-refractivity contribution in [1.29, 1.82) is 0 Å². The number of aryl methyl sites for hydroxylation is 1. The third-order valence-corrected chi connectivity index (χ3v) is 8.84. The van der Waals surface area contributed by atoms with Gasteiger partial charge < -0.3 is 25.6 Å². The molecule has 8 heteroatoms. The lowest BCUT2D eigenvalue weighted by Gasteiger charge is -2.36. The van der Waals surface area contributed by atoms with Crippen molar-refractivity contribution in [1.82, 2.24) is 20.9 Å². The highest BCUT2D eigenvalue weighted by molar-refractivity contribution is 5.95. The molecule has 5 rings (SSSR count). The van der Waals surface area contributed by atoms with Gasteiger partial charge in [0.15, 0.2) is 0 Å². The summed E-state index contributed by atoms with van der Waals surface area (Å²) in [6.45, 7) is 5.88. The molecule has 3 N–H and O–H groups in total. The Morgan fingerprint density at radius 2 is 1.82 bits per heavy atom. The zero-order valence-corrected chi connectivity index (χ0v) is 23.5. The number of carbonyl (C=O) groups is 3. The molecule has 208 valence electrons. The number of fused-ring (bicyclic) bond motifs is 4. The van der Waals surface area contributed by atoms with Crippen molar-refractivity contribution in [3.05, 3.63) is 64.7 Å². The summed E-state index contributed by atoms with van der Waals surface area (Å²) in [5.74, 6) is 0.0904.